The lowest BCUT2D eigenvalue weighted by Crippen LogP contribution is -3.00. The van der Waals surface area contributed by atoms with Crippen LogP contribution in [0.1, 0.15) is 20.3 Å². The molecule has 1 unspecified atom stereocenters. The Kier molecular flexibility index (Phi) is 5.93. The van der Waals surface area contributed by atoms with E-state index in [1.807, 2.05) is 0 Å². The monoisotopic (exact) mass is 251 g/mol. The topological polar surface area (TPSA) is 23.5 Å². The molecule has 1 aliphatic heterocycles. The summed E-state index contributed by atoms with van der Waals surface area (Å²) in [4.78, 5) is 2.26. The number of halogens is 1. The molecular formula is C8H14BrNOS. The Labute approximate surface area is 88.8 Å². The van der Waals surface area contributed by atoms with Crippen LogP contribution in [0.15, 0.2) is 5.70 Å². The Morgan fingerprint density at radius 2 is 2.33 bits per heavy atom. The fraction of sp³-hybridized carbons (Fsp3) is 0.750. The van der Waals surface area contributed by atoms with Crippen LogP contribution >= 0.6 is 11.8 Å². The normalized spacial score (nSPS) is 21.4. The SMILES string of the molecule is CCN1C(C)=[C+]SC1CCO.[Br-]. The molecule has 12 heavy (non-hydrogen) atoms. The van der Waals surface area contributed by atoms with Gasteiger partial charge in [-0.25, -0.2) is 0 Å². The molecule has 1 aliphatic rings. The number of allylic oxidation sites excluding steroid dienone is 1. The molecule has 0 saturated heterocycles. The van der Waals surface area contributed by atoms with Gasteiger partial charge in [0.25, 0.3) is 5.70 Å². The van der Waals surface area contributed by atoms with Crippen molar-refractivity contribution in [2.45, 2.75) is 25.6 Å². The summed E-state index contributed by atoms with van der Waals surface area (Å²) in [7, 11) is 0. The summed E-state index contributed by atoms with van der Waals surface area (Å²) < 4.78 is 0. The molecule has 0 spiro atoms. The number of hydrogen-bond donors (Lipinski definition) is 1. The Bertz CT molecular complexity index is 163. The van der Waals surface area contributed by atoms with Crippen molar-refractivity contribution in [1.29, 1.82) is 0 Å². The number of nitrogens with zero attached hydrogens (tertiary/aromatic N) is 1. The van der Waals surface area contributed by atoms with Gasteiger partial charge in [-0.2, -0.15) is 0 Å². The van der Waals surface area contributed by atoms with Crippen molar-refractivity contribution in [3.8, 4) is 0 Å². The highest BCUT2D eigenvalue weighted by Crippen LogP contribution is 2.30. The van der Waals surface area contributed by atoms with E-state index in [0.29, 0.717) is 5.37 Å². The minimum atomic E-state index is 0. The van der Waals surface area contributed by atoms with E-state index >= 15 is 0 Å². The number of hydrogen-bond acceptors (Lipinski definition) is 3. The fourth-order valence-electron chi connectivity index (χ4n) is 1.26. The van der Waals surface area contributed by atoms with E-state index in [2.05, 4.69) is 24.2 Å². The minimum absolute atomic E-state index is 0. The first-order valence-corrected chi connectivity index (χ1v) is 4.80. The molecule has 0 radical (unpaired) electrons. The molecule has 0 aromatic carbocycles. The number of thioether (sulfide) groups is 1. The highest BCUT2D eigenvalue weighted by atomic mass is 79.9. The molecule has 0 aromatic heterocycles. The molecule has 2 nitrogen and oxygen atoms in total. The zero-order chi connectivity index (χ0) is 8.27. The average molecular weight is 252 g/mol. The molecule has 0 aromatic rings. The molecule has 0 saturated carbocycles. The predicted octanol–water partition coefficient (Wildman–Crippen LogP) is -1.57. The van der Waals surface area contributed by atoms with Crippen LogP contribution in [0.2, 0.25) is 0 Å². The van der Waals surface area contributed by atoms with Gasteiger partial charge in [0, 0.05) is 26.5 Å². The van der Waals surface area contributed by atoms with Crippen LogP contribution in [0, 0.1) is 5.41 Å². The molecule has 0 fully saturated rings. The van der Waals surface area contributed by atoms with Gasteiger partial charge < -0.3 is 27.0 Å². The van der Waals surface area contributed by atoms with Crippen LogP contribution in [-0.2, 0) is 0 Å². The first-order valence-electron chi connectivity index (χ1n) is 3.92. The highest BCUT2D eigenvalue weighted by Gasteiger charge is 2.34. The van der Waals surface area contributed by atoms with E-state index in [4.69, 9.17) is 5.11 Å². The number of rotatable bonds is 3. The van der Waals surface area contributed by atoms with E-state index in [9.17, 15) is 0 Å². The van der Waals surface area contributed by atoms with E-state index in [0.717, 1.165) is 13.0 Å². The van der Waals surface area contributed by atoms with E-state index < -0.39 is 0 Å². The first-order chi connectivity index (χ1) is 5.29. The smallest absolute Gasteiger partial charge is 0.332 e. The van der Waals surface area contributed by atoms with Gasteiger partial charge in [0.15, 0.2) is 11.8 Å². The number of aliphatic hydroxyl groups excluding tert-OH is 1. The quantitative estimate of drug-likeness (QED) is 0.614. The van der Waals surface area contributed by atoms with Crippen LogP contribution in [-0.4, -0.2) is 28.5 Å². The maximum Gasteiger partial charge on any atom is 0.332 e. The van der Waals surface area contributed by atoms with Crippen molar-refractivity contribution < 1.29 is 22.1 Å². The Morgan fingerprint density at radius 1 is 1.67 bits per heavy atom. The molecule has 1 N–H and O–H groups in total. The van der Waals surface area contributed by atoms with E-state index in [-0.39, 0.29) is 23.6 Å². The third kappa shape index (κ3) is 2.63. The third-order valence-corrected chi connectivity index (χ3v) is 3.01. The average Bonchev–Trinajstić information content (AvgIpc) is 2.33. The molecule has 0 bridgehead atoms. The van der Waals surface area contributed by atoms with Crippen LogP contribution < -0.4 is 17.0 Å². The second-order valence-corrected chi connectivity index (χ2v) is 3.54. The van der Waals surface area contributed by atoms with Gasteiger partial charge in [-0.15, -0.1) is 0 Å². The van der Waals surface area contributed by atoms with Crippen molar-refractivity contribution >= 4 is 11.8 Å². The standard InChI is InChI=1S/C8H14NOS.BrH/c1-3-9-7(2)6-11-8(9)4-5-10;/h8,10H,3-5H2,1-2H3;1H/q+1;/p-1. The molecule has 4 heteroatoms. The Morgan fingerprint density at radius 3 is 2.83 bits per heavy atom. The summed E-state index contributed by atoms with van der Waals surface area (Å²) >= 11 is 1.69. The summed E-state index contributed by atoms with van der Waals surface area (Å²) in [5, 5.41) is 12.4. The maximum atomic E-state index is 8.75. The summed E-state index contributed by atoms with van der Waals surface area (Å²) in [5.74, 6) is 0. The molecule has 0 amide bonds. The fourth-order valence-corrected chi connectivity index (χ4v) is 2.34. The molecule has 1 rings (SSSR count). The number of aliphatic hydroxyl groups is 1. The summed E-state index contributed by atoms with van der Waals surface area (Å²) in [6.45, 7) is 5.47. The van der Waals surface area contributed by atoms with Crippen molar-refractivity contribution in [3.63, 3.8) is 0 Å². The van der Waals surface area contributed by atoms with Gasteiger partial charge in [-0.1, -0.05) is 0 Å². The minimum Gasteiger partial charge on any atom is -1.00 e. The zero-order valence-electron chi connectivity index (χ0n) is 7.38. The lowest BCUT2D eigenvalue weighted by molar-refractivity contribution is -0.00000372. The lowest BCUT2D eigenvalue weighted by Gasteiger charge is -2.18. The van der Waals surface area contributed by atoms with Crippen LogP contribution in [0.5, 0.6) is 0 Å². The first kappa shape index (κ1) is 12.2. The molecular weight excluding hydrogens is 238 g/mol. The van der Waals surface area contributed by atoms with E-state index in [1.165, 1.54) is 5.70 Å². The summed E-state index contributed by atoms with van der Waals surface area (Å²) in [6.07, 6.45) is 0.836. The molecule has 1 heterocycles. The van der Waals surface area contributed by atoms with Gasteiger partial charge in [0.1, 0.15) is 5.37 Å². The molecule has 0 aliphatic carbocycles. The third-order valence-electron chi connectivity index (χ3n) is 1.84. The van der Waals surface area contributed by atoms with Crippen molar-refractivity contribution in [3.05, 3.63) is 11.1 Å². The Balaban J connectivity index is 0.00000121. The maximum absolute atomic E-state index is 8.75. The largest absolute Gasteiger partial charge is 1.00 e. The van der Waals surface area contributed by atoms with E-state index in [1.54, 1.807) is 11.8 Å². The summed E-state index contributed by atoms with van der Waals surface area (Å²) in [6, 6.07) is 0. The van der Waals surface area contributed by atoms with Gasteiger partial charge in [0.2, 0.25) is 0 Å². The lowest BCUT2D eigenvalue weighted by atomic mass is 10.3. The molecule has 1 atom stereocenters. The van der Waals surface area contributed by atoms with Crippen molar-refractivity contribution in [2.75, 3.05) is 13.2 Å². The van der Waals surface area contributed by atoms with Crippen LogP contribution in [0.4, 0.5) is 0 Å². The van der Waals surface area contributed by atoms with Gasteiger partial charge in [-0.3, -0.25) is 0 Å². The van der Waals surface area contributed by atoms with Gasteiger partial charge >= 0.3 is 5.41 Å². The zero-order valence-corrected chi connectivity index (χ0v) is 9.78. The Hall–Kier alpha value is 0.240. The predicted molar refractivity (Wildman–Crippen MR) is 47.9 cm³/mol. The van der Waals surface area contributed by atoms with Gasteiger partial charge in [-0.05, 0) is 6.92 Å². The van der Waals surface area contributed by atoms with Gasteiger partial charge in [0.05, 0.1) is 0 Å². The van der Waals surface area contributed by atoms with Crippen molar-refractivity contribution in [1.82, 2.24) is 4.90 Å². The second-order valence-electron chi connectivity index (χ2n) is 2.56. The van der Waals surface area contributed by atoms with Crippen molar-refractivity contribution in [2.24, 2.45) is 0 Å². The van der Waals surface area contributed by atoms with Crippen LogP contribution in [0.3, 0.4) is 0 Å². The highest BCUT2D eigenvalue weighted by molar-refractivity contribution is 8.01. The summed E-state index contributed by atoms with van der Waals surface area (Å²) in [5.41, 5.74) is 1.20. The second kappa shape index (κ2) is 5.81. The van der Waals surface area contributed by atoms with Crippen LogP contribution in [0.25, 0.3) is 0 Å². The molecule has 70 valence electrons.